The molecule has 6 heteroatoms. The van der Waals surface area contributed by atoms with Crippen LogP contribution >= 0.6 is 0 Å². The molecule has 0 bridgehead atoms. The van der Waals surface area contributed by atoms with Gasteiger partial charge in [-0.3, -0.25) is 0 Å². The van der Waals surface area contributed by atoms with Crippen molar-refractivity contribution in [1.29, 1.82) is 0 Å². The number of carbonyl (C=O) groups is 1. The molecule has 0 saturated carbocycles. The Morgan fingerprint density at radius 3 is 2.60 bits per heavy atom. The van der Waals surface area contributed by atoms with Crippen molar-refractivity contribution in [3.05, 3.63) is 59.7 Å². The average Bonchev–Trinajstić information content (AvgIpc) is 2.66. The summed E-state index contributed by atoms with van der Waals surface area (Å²) in [6, 6.07) is 14.9. The minimum Gasteiger partial charge on any atom is -0.486 e. The summed E-state index contributed by atoms with van der Waals surface area (Å²) >= 11 is 0. The molecule has 25 heavy (non-hydrogen) atoms. The minimum absolute atomic E-state index is 0.122. The summed E-state index contributed by atoms with van der Waals surface area (Å²) in [4.78, 5) is 11.8. The van der Waals surface area contributed by atoms with Crippen molar-refractivity contribution in [2.75, 3.05) is 26.3 Å². The van der Waals surface area contributed by atoms with Gasteiger partial charge in [0.25, 0.3) is 0 Å². The van der Waals surface area contributed by atoms with E-state index in [1.807, 2.05) is 30.3 Å². The van der Waals surface area contributed by atoms with Crippen LogP contribution in [0.5, 0.6) is 11.5 Å². The van der Waals surface area contributed by atoms with Crippen molar-refractivity contribution in [3.63, 3.8) is 0 Å². The van der Waals surface area contributed by atoms with Gasteiger partial charge in [0.2, 0.25) is 0 Å². The third-order valence-electron chi connectivity index (χ3n) is 3.95. The summed E-state index contributed by atoms with van der Waals surface area (Å²) < 4.78 is 10.9. The molecule has 1 aliphatic heterocycles. The predicted molar refractivity (Wildman–Crippen MR) is 93.9 cm³/mol. The fraction of sp³-hybridized carbons (Fsp3) is 0.316. The first kappa shape index (κ1) is 17.1. The second kappa shape index (κ2) is 8.39. The van der Waals surface area contributed by atoms with E-state index >= 15 is 0 Å². The number of benzene rings is 2. The lowest BCUT2D eigenvalue weighted by atomic mass is 10.1. The number of urea groups is 1. The first-order chi connectivity index (χ1) is 12.2. The minimum atomic E-state index is -0.810. The Morgan fingerprint density at radius 2 is 1.80 bits per heavy atom. The molecule has 0 saturated heterocycles. The quantitative estimate of drug-likeness (QED) is 0.750. The molecule has 6 nitrogen and oxygen atoms in total. The standard InChI is InChI=1S/C19H22N2O4/c22-16(15-6-7-17-18(12-15)25-11-10-24-17)13-21-19(23)20-9-8-14-4-2-1-3-5-14/h1-7,12,16,22H,8-11,13H2,(H2,20,21,23). The topological polar surface area (TPSA) is 79.8 Å². The number of amides is 2. The molecule has 0 aliphatic carbocycles. The third kappa shape index (κ3) is 4.87. The van der Waals surface area contributed by atoms with E-state index in [0.29, 0.717) is 36.8 Å². The third-order valence-corrected chi connectivity index (χ3v) is 3.95. The molecule has 0 aromatic heterocycles. The molecule has 1 heterocycles. The lowest BCUT2D eigenvalue weighted by Gasteiger charge is -2.20. The van der Waals surface area contributed by atoms with Crippen LogP contribution in [0.4, 0.5) is 4.79 Å². The summed E-state index contributed by atoms with van der Waals surface area (Å²) in [5, 5.41) is 15.7. The smallest absolute Gasteiger partial charge is 0.314 e. The van der Waals surface area contributed by atoms with Gasteiger partial charge in [-0.25, -0.2) is 4.79 Å². The van der Waals surface area contributed by atoms with Gasteiger partial charge in [0.05, 0.1) is 6.10 Å². The SMILES string of the molecule is O=C(NCCc1ccccc1)NCC(O)c1ccc2c(c1)OCCO2. The average molecular weight is 342 g/mol. The van der Waals surface area contributed by atoms with Crippen molar-refractivity contribution in [3.8, 4) is 11.5 Å². The molecule has 2 aromatic rings. The van der Waals surface area contributed by atoms with E-state index in [1.165, 1.54) is 5.56 Å². The molecule has 0 radical (unpaired) electrons. The van der Waals surface area contributed by atoms with Crippen LogP contribution in [0, 0.1) is 0 Å². The zero-order valence-electron chi connectivity index (χ0n) is 13.9. The fourth-order valence-corrected chi connectivity index (χ4v) is 2.60. The summed E-state index contributed by atoms with van der Waals surface area (Å²) in [5.74, 6) is 1.30. The fourth-order valence-electron chi connectivity index (χ4n) is 2.60. The highest BCUT2D eigenvalue weighted by Crippen LogP contribution is 2.32. The Morgan fingerprint density at radius 1 is 1.04 bits per heavy atom. The number of carbonyl (C=O) groups excluding carboxylic acids is 1. The number of fused-ring (bicyclic) bond motifs is 1. The number of hydrogen-bond donors (Lipinski definition) is 3. The first-order valence-corrected chi connectivity index (χ1v) is 8.35. The van der Waals surface area contributed by atoms with Gasteiger partial charge in [0, 0.05) is 13.1 Å². The molecule has 132 valence electrons. The number of aliphatic hydroxyl groups excluding tert-OH is 1. The molecule has 0 spiro atoms. The zero-order chi connectivity index (χ0) is 17.5. The van der Waals surface area contributed by atoms with Crippen molar-refractivity contribution in [2.24, 2.45) is 0 Å². The predicted octanol–water partition coefficient (Wildman–Crippen LogP) is 2.03. The Labute approximate surface area is 146 Å². The summed E-state index contributed by atoms with van der Waals surface area (Å²) in [5.41, 5.74) is 1.84. The van der Waals surface area contributed by atoms with Crippen LogP contribution in [0.3, 0.4) is 0 Å². The van der Waals surface area contributed by atoms with E-state index in [-0.39, 0.29) is 12.6 Å². The van der Waals surface area contributed by atoms with Crippen molar-refractivity contribution in [2.45, 2.75) is 12.5 Å². The Hall–Kier alpha value is -2.73. The summed E-state index contributed by atoms with van der Waals surface area (Å²) in [6.45, 7) is 1.68. The maximum Gasteiger partial charge on any atom is 0.314 e. The molecule has 3 rings (SSSR count). The largest absolute Gasteiger partial charge is 0.486 e. The molecule has 1 unspecified atom stereocenters. The van der Waals surface area contributed by atoms with Gasteiger partial charge in [-0.05, 0) is 29.7 Å². The molecule has 2 amide bonds. The van der Waals surface area contributed by atoms with Crippen LogP contribution in [-0.2, 0) is 6.42 Å². The van der Waals surface area contributed by atoms with Gasteiger partial charge >= 0.3 is 6.03 Å². The number of rotatable bonds is 6. The number of nitrogens with one attached hydrogen (secondary N) is 2. The van der Waals surface area contributed by atoms with E-state index in [1.54, 1.807) is 18.2 Å². The highest BCUT2D eigenvalue weighted by molar-refractivity contribution is 5.73. The van der Waals surface area contributed by atoms with Crippen LogP contribution in [0.25, 0.3) is 0 Å². The molecule has 3 N–H and O–H groups in total. The molecule has 1 aliphatic rings. The van der Waals surface area contributed by atoms with Crippen LogP contribution in [-0.4, -0.2) is 37.4 Å². The van der Waals surface area contributed by atoms with E-state index < -0.39 is 6.10 Å². The lowest BCUT2D eigenvalue weighted by Crippen LogP contribution is -2.38. The van der Waals surface area contributed by atoms with Gasteiger partial charge in [0.1, 0.15) is 13.2 Å². The van der Waals surface area contributed by atoms with Crippen LogP contribution in [0.2, 0.25) is 0 Å². The van der Waals surface area contributed by atoms with Crippen molar-refractivity contribution >= 4 is 6.03 Å². The molecular formula is C19H22N2O4. The zero-order valence-corrected chi connectivity index (χ0v) is 13.9. The second-order valence-corrected chi connectivity index (χ2v) is 5.79. The number of hydrogen-bond acceptors (Lipinski definition) is 4. The molecule has 1 atom stereocenters. The maximum atomic E-state index is 11.8. The van der Waals surface area contributed by atoms with Gasteiger partial charge in [-0.1, -0.05) is 36.4 Å². The lowest BCUT2D eigenvalue weighted by molar-refractivity contribution is 0.163. The molecule has 2 aromatic carbocycles. The number of ether oxygens (including phenoxy) is 2. The second-order valence-electron chi connectivity index (χ2n) is 5.79. The highest BCUT2D eigenvalue weighted by atomic mass is 16.6. The molecule has 0 fully saturated rings. The van der Waals surface area contributed by atoms with Gasteiger partial charge < -0.3 is 25.2 Å². The van der Waals surface area contributed by atoms with Crippen LogP contribution < -0.4 is 20.1 Å². The van der Waals surface area contributed by atoms with E-state index in [4.69, 9.17) is 9.47 Å². The summed E-state index contributed by atoms with van der Waals surface area (Å²) in [7, 11) is 0. The van der Waals surface area contributed by atoms with Crippen LogP contribution in [0.15, 0.2) is 48.5 Å². The normalized spacial score (nSPS) is 13.8. The van der Waals surface area contributed by atoms with Crippen LogP contribution in [0.1, 0.15) is 17.2 Å². The van der Waals surface area contributed by atoms with E-state index in [2.05, 4.69) is 10.6 Å². The maximum absolute atomic E-state index is 11.8. The Kier molecular flexibility index (Phi) is 5.74. The van der Waals surface area contributed by atoms with E-state index in [9.17, 15) is 9.90 Å². The highest BCUT2D eigenvalue weighted by Gasteiger charge is 2.16. The summed E-state index contributed by atoms with van der Waals surface area (Å²) in [6.07, 6.45) is -0.0467. The van der Waals surface area contributed by atoms with Crippen molar-refractivity contribution < 1.29 is 19.4 Å². The van der Waals surface area contributed by atoms with E-state index in [0.717, 1.165) is 6.42 Å². The van der Waals surface area contributed by atoms with Gasteiger partial charge in [-0.15, -0.1) is 0 Å². The van der Waals surface area contributed by atoms with Crippen molar-refractivity contribution in [1.82, 2.24) is 10.6 Å². The van der Waals surface area contributed by atoms with Gasteiger partial charge in [0.15, 0.2) is 11.5 Å². The molecular weight excluding hydrogens is 320 g/mol. The van der Waals surface area contributed by atoms with Gasteiger partial charge in [-0.2, -0.15) is 0 Å². The number of aliphatic hydroxyl groups is 1. The Balaban J connectivity index is 1.42. The monoisotopic (exact) mass is 342 g/mol. The first-order valence-electron chi connectivity index (χ1n) is 8.35. The Bertz CT molecular complexity index is 706.